The van der Waals surface area contributed by atoms with E-state index in [1.54, 1.807) is 22.9 Å². The van der Waals surface area contributed by atoms with Gasteiger partial charge in [-0.25, -0.2) is 13.9 Å². The smallest absolute Gasteiger partial charge is 0.331 e. The van der Waals surface area contributed by atoms with Crippen LogP contribution in [0.1, 0.15) is 22.4 Å². The van der Waals surface area contributed by atoms with Crippen molar-refractivity contribution in [2.24, 2.45) is 0 Å². The number of esters is 1. The first-order chi connectivity index (χ1) is 13.0. The van der Waals surface area contributed by atoms with Crippen LogP contribution < -0.4 is 0 Å². The third-order valence-corrected chi connectivity index (χ3v) is 4.36. The Bertz CT molecular complexity index is 950. The van der Waals surface area contributed by atoms with Crippen LogP contribution in [0.5, 0.6) is 0 Å². The number of nitrogens with zero attached hydrogens (tertiary/aromatic N) is 2. The Morgan fingerprint density at radius 1 is 1.15 bits per heavy atom. The van der Waals surface area contributed by atoms with Gasteiger partial charge in [0.1, 0.15) is 17.6 Å². The summed E-state index contributed by atoms with van der Waals surface area (Å²) in [5.74, 6) is -0.840. The molecule has 0 aliphatic heterocycles. The highest BCUT2D eigenvalue weighted by molar-refractivity contribution is 6.31. The van der Waals surface area contributed by atoms with Crippen molar-refractivity contribution < 1.29 is 13.9 Å². The zero-order valence-electron chi connectivity index (χ0n) is 14.7. The molecule has 138 valence electrons. The molecule has 0 bridgehead atoms. The standard InChI is InChI=1S/C21H18ClFN2O2/c1-15-19(21(22)25(24-15)13-16-5-3-2-4-6-16)11-12-20(26)27-14-17-7-9-18(23)10-8-17/h2-12H,13-14H2,1H3/b12-11+. The average Bonchev–Trinajstić information content (AvgIpc) is 2.93. The molecule has 0 aliphatic carbocycles. The predicted octanol–water partition coefficient (Wildman–Crippen LogP) is 4.79. The molecule has 3 rings (SSSR count). The highest BCUT2D eigenvalue weighted by Crippen LogP contribution is 2.22. The predicted molar refractivity (Wildman–Crippen MR) is 103 cm³/mol. The fraction of sp³-hybridized carbons (Fsp3) is 0.143. The van der Waals surface area contributed by atoms with Gasteiger partial charge in [-0.05, 0) is 36.3 Å². The van der Waals surface area contributed by atoms with Crippen LogP contribution in [0, 0.1) is 12.7 Å². The molecule has 0 fully saturated rings. The van der Waals surface area contributed by atoms with E-state index in [0.29, 0.717) is 22.8 Å². The first kappa shape index (κ1) is 18.9. The minimum Gasteiger partial charge on any atom is -0.458 e. The molecule has 2 aromatic carbocycles. The van der Waals surface area contributed by atoms with E-state index in [0.717, 1.165) is 11.3 Å². The minimum atomic E-state index is -0.509. The number of aryl methyl sites for hydroxylation is 1. The molecule has 0 spiro atoms. The highest BCUT2D eigenvalue weighted by atomic mass is 35.5. The van der Waals surface area contributed by atoms with Gasteiger partial charge in [0, 0.05) is 11.6 Å². The Labute approximate surface area is 161 Å². The Kier molecular flexibility index (Phi) is 6.04. The molecule has 0 radical (unpaired) electrons. The molecule has 0 atom stereocenters. The van der Waals surface area contributed by atoms with Gasteiger partial charge in [0.25, 0.3) is 0 Å². The molecular formula is C21H18ClFN2O2. The maximum Gasteiger partial charge on any atom is 0.331 e. The van der Waals surface area contributed by atoms with E-state index in [4.69, 9.17) is 16.3 Å². The van der Waals surface area contributed by atoms with Crippen LogP contribution in [-0.4, -0.2) is 15.7 Å². The van der Waals surface area contributed by atoms with Crippen LogP contribution in [0.4, 0.5) is 4.39 Å². The highest BCUT2D eigenvalue weighted by Gasteiger charge is 2.12. The van der Waals surface area contributed by atoms with Gasteiger partial charge in [0.05, 0.1) is 12.2 Å². The quantitative estimate of drug-likeness (QED) is 0.453. The Morgan fingerprint density at radius 2 is 1.85 bits per heavy atom. The van der Waals surface area contributed by atoms with E-state index in [1.807, 2.05) is 37.3 Å². The van der Waals surface area contributed by atoms with Gasteiger partial charge in [-0.15, -0.1) is 0 Å². The van der Waals surface area contributed by atoms with E-state index in [-0.39, 0.29) is 12.4 Å². The van der Waals surface area contributed by atoms with Crippen molar-refractivity contribution in [3.8, 4) is 0 Å². The van der Waals surface area contributed by atoms with E-state index in [1.165, 1.54) is 18.2 Å². The van der Waals surface area contributed by atoms with Crippen molar-refractivity contribution in [2.45, 2.75) is 20.1 Å². The Balaban J connectivity index is 1.64. The van der Waals surface area contributed by atoms with Crippen molar-refractivity contribution in [1.82, 2.24) is 9.78 Å². The van der Waals surface area contributed by atoms with Crippen molar-refractivity contribution in [1.29, 1.82) is 0 Å². The summed E-state index contributed by atoms with van der Waals surface area (Å²) in [4.78, 5) is 11.9. The fourth-order valence-corrected chi connectivity index (χ4v) is 2.85. The Hall–Kier alpha value is -2.92. The lowest BCUT2D eigenvalue weighted by atomic mass is 10.2. The lowest BCUT2D eigenvalue weighted by Gasteiger charge is -2.03. The molecule has 1 aromatic heterocycles. The number of hydrogen-bond acceptors (Lipinski definition) is 3. The van der Waals surface area contributed by atoms with Crippen LogP contribution in [0.3, 0.4) is 0 Å². The van der Waals surface area contributed by atoms with Crippen LogP contribution in [0.2, 0.25) is 5.15 Å². The van der Waals surface area contributed by atoms with Gasteiger partial charge < -0.3 is 4.74 Å². The fourth-order valence-electron chi connectivity index (χ4n) is 2.55. The molecule has 4 nitrogen and oxygen atoms in total. The van der Waals surface area contributed by atoms with Crippen molar-refractivity contribution >= 4 is 23.6 Å². The monoisotopic (exact) mass is 384 g/mol. The second-order valence-corrected chi connectivity index (χ2v) is 6.36. The molecule has 0 amide bonds. The van der Waals surface area contributed by atoms with Gasteiger partial charge in [0.2, 0.25) is 0 Å². The summed E-state index contributed by atoms with van der Waals surface area (Å²) < 4.78 is 19.7. The maximum absolute atomic E-state index is 12.9. The second-order valence-electron chi connectivity index (χ2n) is 6.00. The van der Waals surface area contributed by atoms with Crippen LogP contribution in [0.25, 0.3) is 6.08 Å². The molecule has 3 aromatic rings. The molecular weight excluding hydrogens is 367 g/mol. The topological polar surface area (TPSA) is 44.1 Å². The van der Waals surface area contributed by atoms with Crippen LogP contribution in [-0.2, 0) is 22.7 Å². The van der Waals surface area contributed by atoms with Crippen molar-refractivity contribution in [3.63, 3.8) is 0 Å². The molecule has 0 N–H and O–H groups in total. The van der Waals surface area contributed by atoms with E-state index in [2.05, 4.69) is 5.10 Å². The van der Waals surface area contributed by atoms with Crippen LogP contribution >= 0.6 is 11.6 Å². The first-order valence-corrected chi connectivity index (χ1v) is 8.77. The molecule has 1 heterocycles. The van der Waals surface area contributed by atoms with Crippen molar-refractivity contribution in [2.75, 3.05) is 0 Å². The van der Waals surface area contributed by atoms with Gasteiger partial charge in [-0.3, -0.25) is 0 Å². The summed E-state index contributed by atoms with van der Waals surface area (Å²) in [6.45, 7) is 2.45. The van der Waals surface area contributed by atoms with E-state index in [9.17, 15) is 9.18 Å². The molecule has 0 saturated carbocycles. The van der Waals surface area contributed by atoms with Gasteiger partial charge in [0.15, 0.2) is 0 Å². The number of halogens is 2. The number of hydrogen-bond donors (Lipinski definition) is 0. The lowest BCUT2D eigenvalue weighted by Crippen LogP contribution is -2.02. The lowest BCUT2D eigenvalue weighted by molar-refractivity contribution is -0.138. The minimum absolute atomic E-state index is 0.0729. The van der Waals surface area contributed by atoms with Crippen molar-refractivity contribution in [3.05, 3.63) is 94.0 Å². The third-order valence-electron chi connectivity index (χ3n) is 3.96. The molecule has 0 aliphatic rings. The number of carbonyl (C=O) groups excluding carboxylic acids is 1. The molecule has 6 heteroatoms. The summed E-state index contributed by atoms with van der Waals surface area (Å²) in [5.41, 5.74) is 3.18. The molecule has 0 unspecified atom stereocenters. The number of ether oxygens (including phenoxy) is 1. The number of benzene rings is 2. The molecule has 0 saturated heterocycles. The average molecular weight is 385 g/mol. The normalized spacial score (nSPS) is 11.1. The van der Waals surface area contributed by atoms with E-state index < -0.39 is 5.97 Å². The summed E-state index contributed by atoms with van der Waals surface area (Å²) in [5, 5.41) is 4.89. The Morgan fingerprint density at radius 3 is 2.56 bits per heavy atom. The number of aromatic nitrogens is 2. The van der Waals surface area contributed by atoms with E-state index >= 15 is 0 Å². The van der Waals surface area contributed by atoms with Crippen LogP contribution in [0.15, 0.2) is 60.7 Å². The zero-order chi connectivity index (χ0) is 19.2. The second kappa shape index (κ2) is 8.64. The number of rotatable bonds is 6. The zero-order valence-corrected chi connectivity index (χ0v) is 15.5. The first-order valence-electron chi connectivity index (χ1n) is 8.39. The summed E-state index contributed by atoms with van der Waals surface area (Å²) in [6.07, 6.45) is 2.91. The summed E-state index contributed by atoms with van der Waals surface area (Å²) in [7, 11) is 0. The van der Waals surface area contributed by atoms with Gasteiger partial charge in [-0.2, -0.15) is 5.10 Å². The molecule has 27 heavy (non-hydrogen) atoms. The van der Waals surface area contributed by atoms with Gasteiger partial charge >= 0.3 is 5.97 Å². The number of carbonyl (C=O) groups is 1. The summed E-state index contributed by atoms with van der Waals surface area (Å²) >= 11 is 6.41. The van der Waals surface area contributed by atoms with Gasteiger partial charge in [-0.1, -0.05) is 54.1 Å². The third kappa shape index (κ3) is 5.05. The maximum atomic E-state index is 12.9. The largest absolute Gasteiger partial charge is 0.458 e. The summed E-state index contributed by atoms with van der Waals surface area (Å²) in [6, 6.07) is 15.6. The SMILES string of the molecule is Cc1nn(Cc2ccccc2)c(Cl)c1/C=C/C(=O)OCc1ccc(F)cc1.